The second-order valence-electron chi connectivity index (χ2n) is 9.11. The van der Waals surface area contributed by atoms with Gasteiger partial charge in [0.05, 0.1) is 5.75 Å². The quantitative estimate of drug-likeness (QED) is 0.309. The molecule has 1 N–H and O–H groups in total. The van der Waals surface area contributed by atoms with Crippen molar-refractivity contribution in [2.75, 3.05) is 12.3 Å². The number of thioether (sulfide) groups is 1. The van der Waals surface area contributed by atoms with Gasteiger partial charge in [-0.3, -0.25) is 9.59 Å². The van der Waals surface area contributed by atoms with E-state index in [1.807, 2.05) is 68.4 Å². The van der Waals surface area contributed by atoms with E-state index >= 15 is 0 Å². The highest BCUT2D eigenvalue weighted by molar-refractivity contribution is 7.99. The Balaban J connectivity index is 1.82. The van der Waals surface area contributed by atoms with E-state index in [0.29, 0.717) is 23.7 Å². The predicted octanol–water partition coefficient (Wildman–Crippen LogP) is 6.12. The Morgan fingerprint density at radius 1 is 0.917 bits per heavy atom. The second-order valence-corrected chi connectivity index (χ2v) is 10.5. The summed E-state index contributed by atoms with van der Waals surface area (Å²) in [6.45, 7) is 4.80. The van der Waals surface area contributed by atoms with Crippen LogP contribution in [0.4, 0.5) is 4.39 Å². The highest BCUT2D eigenvalue weighted by atomic mass is 35.5. The second kappa shape index (κ2) is 14.0. The normalized spacial score (nSPS) is 11.8. The zero-order valence-electron chi connectivity index (χ0n) is 20.6. The maximum atomic E-state index is 13.6. The van der Waals surface area contributed by atoms with Crippen LogP contribution in [0.3, 0.4) is 0 Å². The lowest BCUT2D eigenvalue weighted by molar-refractivity contribution is -0.139. The van der Waals surface area contributed by atoms with E-state index in [1.54, 1.807) is 17.0 Å². The molecule has 7 heteroatoms. The smallest absolute Gasteiger partial charge is 0.243 e. The molecule has 190 valence electrons. The van der Waals surface area contributed by atoms with Gasteiger partial charge >= 0.3 is 0 Å². The molecule has 0 spiro atoms. The molecule has 0 saturated heterocycles. The first kappa shape index (κ1) is 27.8. The molecule has 0 fully saturated rings. The van der Waals surface area contributed by atoms with Gasteiger partial charge in [0.15, 0.2) is 0 Å². The first-order chi connectivity index (χ1) is 17.3. The van der Waals surface area contributed by atoms with Crippen LogP contribution in [0.2, 0.25) is 5.02 Å². The van der Waals surface area contributed by atoms with Crippen LogP contribution >= 0.6 is 23.4 Å². The third kappa shape index (κ3) is 8.99. The van der Waals surface area contributed by atoms with Gasteiger partial charge in [-0.05, 0) is 46.9 Å². The van der Waals surface area contributed by atoms with Gasteiger partial charge < -0.3 is 10.2 Å². The number of amides is 2. The van der Waals surface area contributed by atoms with Gasteiger partial charge in [0.1, 0.15) is 11.9 Å². The van der Waals surface area contributed by atoms with Crippen LogP contribution in [0.5, 0.6) is 0 Å². The molecular weight excluding hydrogens is 495 g/mol. The fourth-order valence-electron chi connectivity index (χ4n) is 3.68. The van der Waals surface area contributed by atoms with Crippen molar-refractivity contribution in [3.63, 3.8) is 0 Å². The topological polar surface area (TPSA) is 49.4 Å². The van der Waals surface area contributed by atoms with Crippen LogP contribution in [0.15, 0.2) is 78.9 Å². The largest absolute Gasteiger partial charge is 0.354 e. The van der Waals surface area contributed by atoms with Crippen molar-refractivity contribution >= 4 is 35.2 Å². The lowest BCUT2D eigenvalue weighted by Crippen LogP contribution is -2.51. The summed E-state index contributed by atoms with van der Waals surface area (Å²) in [4.78, 5) is 28.6. The summed E-state index contributed by atoms with van der Waals surface area (Å²) in [6.07, 6.45) is 0.388. The Morgan fingerprint density at radius 2 is 1.56 bits per heavy atom. The van der Waals surface area contributed by atoms with Gasteiger partial charge in [0, 0.05) is 30.3 Å². The van der Waals surface area contributed by atoms with Gasteiger partial charge in [-0.15, -0.1) is 11.8 Å². The molecule has 0 aliphatic heterocycles. The van der Waals surface area contributed by atoms with Gasteiger partial charge in [0.2, 0.25) is 11.8 Å². The molecule has 1 atom stereocenters. The van der Waals surface area contributed by atoms with Gasteiger partial charge in [-0.25, -0.2) is 4.39 Å². The third-order valence-corrected chi connectivity index (χ3v) is 6.87. The first-order valence-electron chi connectivity index (χ1n) is 12.0. The lowest BCUT2D eigenvalue weighted by Gasteiger charge is -2.32. The number of hydrogen-bond acceptors (Lipinski definition) is 3. The van der Waals surface area contributed by atoms with Crippen LogP contribution < -0.4 is 5.32 Å². The van der Waals surface area contributed by atoms with Crippen LogP contribution in [0.25, 0.3) is 0 Å². The van der Waals surface area contributed by atoms with Crippen molar-refractivity contribution < 1.29 is 14.0 Å². The molecular formula is C29H32ClFN2O2S. The van der Waals surface area contributed by atoms with Gasteiger partial charge in [-0.1, -0.05) is 80.0 Å². The van der Waals surface area contributed by atoms with Crippen LogP contribution in [-0.2, 0) is 28.3 Å². The Bertz CT molecular complexity index is 1110. The first-order valence-corrected chi connectivity index (χ1v) is 13.5. The summed E-state index contributed by atoms with van der Waals surface area (Å²) in [5.74, 6) is 0.473. The highest BCUT2D eigenvalue weighted by Gasteiger charge is 2.30. The summed E-state index contributed by atoms with van der Waals surface area (Å²) in [5.41, 5.74) is 2.80. The Morgan fingerprint density at radius 3 is 2.19 bits per heavy atom. The average Bonchev–Trinajstić information content (AvgIpc) is 2.87. The number of halogens is 2. The van der Waals surface area contributed by atoms with E-state index in [1.165, 1.54) is 23.9 Å². The fourth-order valence-corrected chi connectivity index (χ4v) is 4.68. The molecule has 4 nitrogen and oxygen atoms in total. The standard InChI is InChI=1S/C29H32ClFN2O2S/c1-21(2)17-32-29(35)27(16-22-6-4-3-5-7-22)33(18-23-10-14-26(31)15-11-23)28(34)20-36-19-24-8-12-25(30)13-9-24/h3-15,21,27H,16-20H2,1-2H3,(H,32,35)/t27-/m1/s1. The molecule has 36 heavy (non-hydrogen) atoms. The molecule has 3 aromatic rings. The van der Waals surface area contributed by atoms with E-state index in [2.05, 4.69) is 5.32 Å². The molecule has 0 unspecified atom stereocenters. The van der Waals surface area contributed by atoms with E-state index in [-0.39, 0.29) is 35.8 Å². The van der Waals surface area contributed by atoms with Crippen molar-refractivity contribution in [3.8, 4) is 0 Å². The summed E-state index contributed by atoms with van der Waals surface area (Å²) < 4.78 is 13.5. The fraction of sp³-hybridized carbons (Fsp3) is 0.310. The minimum atomic E-state index is -0.695. The molecule has 0 aliphatic rings. The van der Waals surface area contributed by atoms with Crippen LogP contribution in [-0.4, -0.2) is 35.1 Å². The molecule has 0 aromatic heterocycles. The Kier molecular flexibility index (Phi) is 10.8. The summed E-state index contributed by atoms with van der Waals surface area (Å²) in [7, 11) is 0. The van der Waals surface area contributed by atoms with Crippen LogP contribution in [0.1, 0.15) is 30.5 Å². The summed E-state index contributed by atoms with van der Waals surface area (Å²) in [5, 5.41) is 3.68. The van der Waals surface area contributed by atoms with E-state index < -0.39 is 6.04 Å². The third-order valence-electron chi connectivity index (χ3n) is 5.63. The summed E-state index contributed by atoms with van der Waals surface area (Å²) in [6, 6.07) is 22.6. The lowest BCUT2D eigenvalue weighted by atomic mass is 10.0. The van der Waals surface area contributed by atoms with E-state index in [9.17, 15) is 14.0 Å². The highest BCUT2D eigenvalue weighted by Crippen LogP contribution is 2.20. The molecule has 3 rings (SSSR count). The molecule has 0 bridgehead atoms. The molecule has 0 aliphatic carbocycles. The average molecular weight is 527 g/mol. The minimum Gasteiger partial charge on any atom is -0.354 e. The zero-order valence-corrected chi connectivity index (χ0v) is 22.2. The Labute approximate surface area is 222 Å². The number of carbonyl (C=O) groups is 2. The number of carbonyl (C=O) groups excluding carboxylic acids is 2. The monoisotopic (exact) mass is 526 g/mol. The van der Waals surface area contributed by atoms with E-state index in [0.717, 1.165) is 16.7 Å². The number of benzene rings is 3. The zero-order chi connectivity index (χ0) is 25.9. The van der Waals surface area contributed by atoms with Crippen molar-refractivity contribution in [3.05, 3.63) is 106 Å². The number of nitrogens with one attached hydrogen (secondary N) is 1. The number of nitrogens with zero attached hydrogens (tertiary/aromatic N) is 1. The maximum Gasteiger partial charge on any atom is 0.243 e. The molecule has 3 aromatic carbocycles. The van der Waals surface area contributed by atoms with Crippen molar-refractivity contribution in [2.45, 2.75) is 38.6 Å². The molecule has 0 saturated carbocycles. The maximum absolute atomic E-state index is 13.6. The summed E-state index contributed by atoms with van der Waals surface area (Å²) >= 11 is 7.46. The molecule has 0 heterocycles. The number of rotatable bonds is 12. The van der Waals surface area contributed by atoms with Crippen molar-refractivity contribution in [2.24, 2.45) is 5.92 Å². The molecule has 2 amide bonds. The van der Waals surface area contributed by atoms with E-state index in [4.69, 9.17) is 11.6 Å². The van der Waals surface area contributed by atoms with Gasteiger partial charge in [-0.2, -0.15) is 0 Å². The van der Waals surface area contributed by atoms with Crippen LogP contribution in [0, 0.1) is 11.7 Å². The SMILES string of the molecule is CC(C)CNC(=O)[C@@H](Cc1ccccc1)N(Cc1ccc(F)cc1)C(=O)CSCc1ccc(Cl)cc1. The van der Waals surface area contributed by atoms with Crippen molar-refractivity contribution in [1.29, 1.82) is 0 Å². The predicted molar refractivity (Wildman–Crippen MR) is 146 cm³/mol. The minimum absolute atomic E-state index is 0.140. The van der Waals surface area contributed by atoms with Crippen molar-refractivity contribution in [1.82, 2.24) is 10.2 Å². The molecule has 0 radical (unpaired) electrons. The Hall–Kier alpha value is -2.83. The number of hydrogen-bond donors (Lipinski definition) is 1. The van der Waals surface area contributed by atoms with Gasteiger partial charge in [0.25, 0.3) is 0 Å².